The van der Waals surface area contributed by atoms with Crippen molar-refractivity contribution in [2.75, 3.05) is 12.3 Å². The fraction of sp³-hybridized carbons (Fsp3) is 0.462. The highest BCUT2D eigenvalue weighted by Crippen LogP contribution is 2.22. The van der Waals surface area contributed by atoms with Crippen molar-refractivity contribution in [3.8, 4) is 0 Å². The lowest BCUT2D eigenvalue weighted by Crippen LogP contribution is -2.28. The first-order valence-corrected chi connectivity index (χ1v) is 9.00. The third-order valence-electron chi connectivity index (χ3n) is 3.08. The Morgan fingerprint density at radius 2 is 2.10 bits per heavy atom. The minimum Gasteiger partial charge on any atom is -0.398 e. The number of nitrogen functional groups attached to an aromatic ring is 1. The Kier molecular flexibility index (Phi) is 5.23. The van der Waals surface area contributed by atoms with Gasteiger partial charge >= 0.3 is 0 Å². The topological polar surface area (TPSA) is 101 Å². The van der Waals surface area contributed by atoms with Crippen molar-refractivity contribution in [1.29, 1.82) is 0 Å². The van der Waals surface area contributed by atoms with Crippen LogP contribution in [0.5, 0.6) is 0 Å². The van der Waals surface area contributed by atoms with Gasteiger partial charge < -0.3 is 11.1 Å². The summed E-state index contributed by atoms with van der Waals surface area (Å²) in [7, 11) is -3.64. The van der Waals surface area contributed by atoms with Crippen LogP contribution in [0.15, 0.2) is 27.6 Å². The van der Waals surface area contributed by atoms with E-state index >= 15 is 0 Å². The predicted molar refractivity (Wildman–Crippen MR) is 84.1 cm³/mol. The van der Waals surface area contributed by atoms with E-state index < -0.39 is 10.0 Å². The van der Waals surface area contributed by atoms with Gasteiger partial charge in [0, 0.05) is 23.5 Å². The van der Waals surface area contributed by atoms with E-state index in [1.54, 1.807) is 6.07 Å². The average Bonchev–Trinajstić information content (AvgIpc) is 3.18. The van der Waals surface area contributed by atoms with Gasteiger partial charge in [0.2, 0.25) is 15.9 Å². The van der Waals surface area contributed by atoms with Crippen molar-refractivity contribution >= 4 is 37.5 Å². The highest BCUT2D eigenvalue weighted by molar-refractivity contribution is 9.10. The van der Waals surface area contributed by atoms with Crippen molar-refractivity contribution in [2.24, 2.45) is 0 Å². The molecule has 21 heavy (non-hydrogen) atoms. The first kappa shape index (κ1) is 16.3. The van der Waals surface area contributed by atoms with E-state index in [1.165, 1.54) is 12.1 Å². The maximum Gasteiger partial charge on any atom is 0.242 e. The van der Waals surface area contributed by atoms with Gasteiger partial charge in [-0.15, -0.1) is 0 Å². The second kappa shape index (κ2) is 6.76. The van der Waals surface area contributed by atoms with Gasteiger partial charge in [-0.2, -0.15) is 0 Å². The van der Waals surface area contributed by atoms with Crippen molar-refractivity contribution in [3.05, 3.63) is 22.7 Å². The summed E-state index contributed by atoms with van der Waals surface area (Å²) in [5.41, 5.74) is 5.89. The Morgan fingerprint density at radius 3 is 2.71 bits per heavy atom. The molecule has 1 saturated carbocycles. The number of rotatable bonds is 7. The number of carbonyl (C=O) groups excluding carboxylic acids is 1. The third kappa shape index (κ3) is 4.98. The van der Waals surface area contributed by atoms with E-state index in [4.69, 9.17) is 5.73 Å². The van der Waals surface area contributed by atoms with Gasteiger partial charge in [-0.1, -0.05) is 15.9 Å². The Hall–Kier alpha value is -1.12. The lowest BCUT2D eigenvalue weighted by Gasteiger charge is -2.09. The normalized spacial score (nSPS) is 14.9. The standard InChI is InChI=1S/C13H18BrN3O3S/c14-9-3-6-12(11(15)8-9)21(19,20)16-7-1-2-13(18)17-10-4-5-10/h3,6,8,10,16H,1-2,4-5,7,15H2,(H,17,18). The molecule has 1 aromatic rings. The molecular weight excluding hydrogens is 358 g/mol. The van der Waals surface area contributed by atoms with Crippen LogP contribution in [0, 0.1) is 0 Å². The molecule has 2 rings (SSSR count). The molecule has 0 bridgehead atoms. The van der Waals surface area contributed by atoms with Gasteiger partial charge in [-0.3, -0.25) is 4.79 Å². The molecule has 1 aliphatic carbocycles. The molecule has 1 aliphatic rings. The second-order valence-electron chi connectivity index (χ2n) is 5.03. The molecule has 0 heterocycles. The number of nitrogens with one attached hydrogen (secondary N) is 2. The maximum atomic E-state index is 12.1. The van der Waals surface area contributed by atoms with Crippen LogP contribution in [0.4, 0.5) is 5.69 Å². The number of halogens is 1. The molecule has 0 radical (unpaired) electrons. The lowest BCUT2D eigenvalue weighted by molar-refractivity contribution is -0.121. The van der Waals surface area contributed by atoms with Gasteiger partial charge in [0.1, 0.15) is 4.90 Å². The van der Waals surface area contributed by atoms with Gasteiger partial charge in [0.15, 0.2) is 0 Å². The first-order valence-electron chi connectivity index (χ1n) is 6.72. The molecule has 0 spiro atoms. The molecule has 116 valence electrons. The Labute approximate surface area is 132 Å². The first-order chi connectivity index (χ1) is 9.88. The van der Waals surface area contributed by atoms with Crippen LogP contribution in [0.1, 0.15) is 25.7 Å². The minimum absolute atomic E-state index is 0.0279. The van der Waals surface area contributed by atoms with Crippen LogP contribution in [-0.2, 0) is 14.8 Å². The number of carbonyl (C=O) groups is 1. The molecule has 0 atom stereocenters. The van der Waals surface area contributed by atoms with Crippen LogP contribution in [0.3, 0.4) is 0 Å². The van der Waals surface area contributed by atoms with E-state index in [2.05, 4.69) is 26.0 Å². The molecule has 1 fully saturated rings. The fourth-order valence-corrected chi connectivity index (χ4v) is 3.39. The summed E-state index contributed by atoms with van der Waals surface area (Å²) in [6.45, 7) is 0.204. The van der Waals surface area contributed by atoms with Crippen LogP contribution < -0.4 is 15.8 Å². The molecule has 4 N–H and O–H groups in total. The Balaban J connectivity index is 1.81. The van der Waals surface area contributed by atoms with Gasteiger partial charge in [-0.25, -0.2) is 13.1 Å². The van der Waals surface area contributed by atoms with Crippen molar-refractivity contribution in [3.63, 3.8) is 0 Å². The van der Waals surface area contributed by atoms with Crippen LogP contribution in [0.25, 0.3) is 0 Å². The zero-order chi connectivity index (χ0) is 15.5. The van der Waals surface area contributed by atoms with E-state index in [1.807, 2.05) is 0 Å². The molecule has 6 nitrogen and oxygen atoms in total. The monoisotopic (exact) mass is 375 g/mol. The number of nitrogens with two attached hydrogens (primary N) is 1. The number of anilines is 1. The van der Waals surface area contributed by atoms with Gasteiger partial charge in [0.25, 0.3) is 0 Å². The number of hydrogen-bond acceptors (Lipinski definition) is 4. The number of sulfonamides is 1. The lowest BCUT2D eigenvalue weighted by atomic mass is 10.3. The third-order valence-corrected chi connectivity index (χ3v) is 5.10. The van der Waals surface area contributed by atoms with E-state index in [0.29, 0.717) is 18.9 Å². The molecule has 0 unspecified atom stereocenters. The smallest absolute Gasteiger partial charge is 0.242 e. The number of benzene rings is 1. The minimum atomic E-state index is -3.64. The number of amides is 1. The molecule has 0 aromatic heterocycles. The number of hydrogen-bond donors (Lipinski definition) is 3. The van der Waals surface area contributed by atoms with Crippen molar-refractivity contribution in [2.45, 2.75) is 36.6 Å². The summed E-state index contributed by atoms with van der Waals surface area (Å²) in [5.74, 6) is -0.0279. The highest BCUT2D eigenvalue weighted by Gasteiger charge is 2.23. The fourth-order valence-electron chi connectivity index (χ4n) is 1.82. The quantitative estimate of drug-likeness (QED) is 0.494. The van der Waals surface area contributed by atoms with E-state index in [-0.39, 0.29) is 23.0 Å². The van der Waals surface area contributed by atoms with E-state index in [9.17, 15) is 13.2 Å². The SMILES string of the molecule is Nc1cc(Br)ccc1S(=O)(=O)NCCCC(=O)NC1CC1. The molecule has 1 amide bonds. The molecule has 1 aromatic carbocycles. The maximum absolute atomic E-state index is 12.1. The predicted octanol–water partition coefficient (Wildman–Crippen LogP) is 1.37. The van der Waals surface area contributed by atoms with Crippen molar-refractivity contribution < 1.29 is 13.2 Å². The summed E-state index contributed by atoms with van der Waals surface area (Å²) in [6, 6.07) is 4.93. The van der Waals surface area contributed by atoms with E-state index in [0.717, 1.165) is 17.3 Å². The highest BCUT2D eigenvalue weighted by atomic mass is 79.9. The largest absolute Gasteiger partial charge is 0.398 e. The van der Waals surface area contributed by atoms with Crippen LogP contribution in [0.2, 0.25) is 0 Å². The van der Waals surface area contributed by atoms with Crippen molar-refractivity contribution in [1.82, 2.24) is 10.0 Å². The van der Waals surface area contributed by atoms with Gasteiger partial charge in [-0.05, 0) is 37.5 Å². The molecular formula is C13H18BrN3O3S. The van der Waals surface area contributed by atoms with Crippen LogP contribution in [-0.4, -0.2) is 26.9 Å². The Bertz CT molecular complexity index is 630. The molecule has 8 heteroatoms. The van der Waals surface area contributed by atoms with Gasteiger partial charge in [0.05, 0.1) is 5.69 Å². The Morgan fingerprint density at radius 1 is 1.38 bits per heavy atom. The average molecular weight is 376 g/mol. The molecule has 0 aliphatic heterocycles. The summed E-state index contributed by atoms with van der Waals surface area (Å²) < 4.78 is 27.4. The zero-order valence-electron chi connectivity index (χ0n) is 11.4. The molecule has 0 saturated heterocycles. The second-order valence-corrected chi connectivity index (χ2v) is 7.68. The summed E-state index contributed by atoms with van der Waals surface area (Å²) in [4.78, 5) is 11.5. The summed E-state index contributed by atoms with van der Waals surface area (Å²) in [5, 5.41) is 2.86. The summed E-state index contributed by atoms with van der Waals surface area (Å²) >= 11 is 3.23. The summed E-state index contributed by atoms with van der Waals surface area (Å²) in [6.07, 6.45) is 2.85. The zero-order valence-corrected chi connectivity index (χ0v) is 13.8. The van der Waals surface area contributed by atoms with Crippen LogP contribution >= 0.6 is 15.9 Å².